The lowest BCUT2D eigenvalue weighted by Crippen LogP contribution is -2.23. The quantitative estimate of drug-likeness (QED) is 0.242. The van der Waals surface area contributed by atoms with Crippen LogP contribution in [0.2, 0.25) is 10.0 Å². The Labute approximate surface area is 235 Å². The molecule has 2 aromatic heterocycles. The van der Waals surface area contributed by atoms with Gasteiger partial charge < -0.3 is 19.1 Å². The predicted molar refractivity (Wildman–Crippen MR) is 138 cm³/mol. The SMILES string of the molecule is O=C(O)c1ccc2c(c1)Oc1ccc(OCc3c(-c4c(Cl)cccc4Cl)noc3C3CC3)nc1C(C(F)(F)F)C2. The minimum atomic E-state index is -4.65. The van der Waals surface area contributed by atoms with E-state index in [1.165, 1.54) is 30.3 Å². The van der Waals surface area contributed by atoms with Crippen LogP contribution in [0.1, 0.15) is 57.6 Å². The van der Waals surface area contributed by atoms with E-state index in [4.69, 9.17) is 37.2 Å². The molecule has 1 saturated carbocycles. The smallest absolute Gasteiger partial charge is 0.397 e. The number of rotatable bonds is 6. The molecule has 2 aromatic carbocycles. The van der Waals surface area contributed by atoms with Crippen LogP contribution >= 0.6 is 23.2 Å². The minimum Gasteiger partial charge on any atom is -0.478 e. The first-order valence-corrected chi connectivity index (χ1v) is 13.0. The topological polar surface area (TPSA) is 94.7 Å². The second-order valence-corrected chi connectivity index (χ2v) is 10.4. The number of aromatic carboxylic acids is 1. The summed E-state index contributed by atoms with van der Waals surface area (Å²) in [5.41, 5.74) is 1.21. The maximum absolute atomic E-state index is 14.2. The third-order valence-corrected chi connectivity index (χ3v) is 7.50. The molecule has 1 aliphatic carbocycles. The lowest BCUT2D eigenvalue weighted by Gasteiger charge is -2.19. The van der Waals surface area contributed by atoms with Crippen LogP contribution in [0, 0.1) is 0 Å². The Morgan fingerprint density at radius 3 is 2.50 bits per heavy atom. The maximum atomic E-state index is 14.2. The maximum Gasteiger partial charge on any atom is 0.397 e. The molecule has 7 nitrogen and oxygen atoms in total. The summed E-state index contributed by atoms with van der Waals surface area (Å²) in [6, 6.07) is 11.5. The Kier molecular flexibility index (Phi) is 6.62. The first-order valence-electron chi connectivity index (χ1n) is 12.3. The van der Waals surface area contributed by atoms with Gasteiger partial charge in [0.2, 0.25) is 5.88 Å². The molecule has 1 fully saturated rings. The predicted octanol–water partition coefficient (Wildman–Crippen LogP) is 8.19. The van der Waals surface area contributed by atoms with Crippen molar-refractivity contribution in [1.82, 2.24) is 10.1 Å². The zero-order valence-corrected chi connectivity index (χ0v) is 22.0. The first kappa shape index (κ1) is 26.5. The number of ether oxygens (including phenoxy) is 2. The average molecular weight is 591 g/mol. The van der Waals surface area contributed by atoms with Gasteiger partial charge in [0.25, 0.3) is 0 Å². The number of hydrogen-bond acceptors (Lipinski definition) is 6. The normalized spacial score (nSPS) is 16.5. The molecule has 40 heavy (non-hydrogen) atoms. The van der Waals surface area contributed by atoms with E-state index >= 15 is 0 Å². The van der Waals surface area contributed by atoms with Crippen LogP contribution < -0.4 is 9.47 Å². The molecule has 6 rings (SSSR count). The Balaban J connectivity index is 1.35. The van der Waals surface area contributed by atoms with Crippen molar-refractivity contribution in [3.8, 4) is 28.6 Å². The molecule has 0 spiro atoms. The van der Waals surface area contributed by atoms with E-state index in [0.717, 1.165) is 12.8 Å². The Morgan fingerprint density at radius 1 is 1.07 bits per heavy atom. The van der Waals surface area contributed by atoms with Crippen LogP contribution in [0.4, 0.5) is 13.2 Å². The molecule has 0 saturated heterocycles. The monoisotopic (exact) mass is 590 g/mol. The van der Waals surface area contributed by atoms with Gasteiger partial charge in [-0.25, -0.2) is 9.78 Å². The number of pyridine rings is 1. The van der Waals surface area contributed by atoms with Gasteiger partial charge in [-0.15, -0.1) is 0 Å². The van der Waals surface area contributed by atoms with E-state index in [1.807, 2.05) is 0 Å². The molecule has 4 aromatic rings. The second-order valence-electron chi connectivity index (χ2n) is 9.59. The fourth-order valence-electron chi connectivity index (χ4n) is 4.71. The lowest BCUT2D eigenvalue weighted by atomic mass is 9.94. The summed E-state index contributed by atoms with van der Waals surface area (Å²) < 4.78 is 60.0. The third kappa shape index (κ3) is 4.97. The minimum absolute atomic E-state index is 0.0307. The van der Waals surface area contributed by atoms with Gasteiger partial charge in [-0.2, -0.15) is 13.2 Å². The van der Waals surface area contributed by atoms with E-state index in [9.17, 15) is 23.1 Å². The highest BCUT2D eigenvalue weighted by Gasteiger charge is 2.45. The zero-order valence-electron chi connectivity index (χ0n) is 20.5. The third-order valence-electron chi connectivity index (χ3n) is 6.87. The molecule has 1 aliphatic heterocycles. The van der Waals surface area contributed by atoms with Crippen molar-refractivity contribution >= 4 is 29.2 Å². The summed E-state index contributed by atoms with van der Waals surface area (Å²) in [7, 11) is 0. The van der Waals surface area contributed by atoms with Gasteiger partial charge in [0, 0.05) is 17.5 Å². The van der Waals surface area contributed by atoms with Gasteiger partial charge in [0.1, 0.15) is 35.5 Å². The summed E-state index contributed by atoms with van der Waals surface area (Å²) in [4.78, 5) is 15.6. The molecular weight excluding hydrogens is 572 g/mol. The number of hydrogen-bond donors (Lipinski definition) is 1. The second kappa shape index (κ2) is 10.0. The van der Waals surface area contributed by atoms with Crippen LogP contribution in [-0.2, 0) is 13.0 Å². The van der Waals surface area contributed by atoms with Gasteiger partial charge in [-0.05, 0) is 55.2 Å². The molecular formula is C28H19Cl2F3N2O5. The van der Waals surface area contributed by atoms with E-state index in [1.54, 1.807) is 18.2 Å². The molecule has 1 N–H and O–H groups in total. The van der Waals surface area contributed by atoms with Crippen LogP contribution in [0.15, 0.2) is 53.1 Å². The Hall–Kier alpha value is -3.76. The zero-order chi connectivity index (χ0) is 28.2. The van der Waals surface area contributed by atoms with Crippen molar-refractivity contribution in [2.24, 2.45) is 0 Å². The highest BCUT2D eigenvalue weighted by molar-refractivity contribution is 6.39. The van der Waals surface area contributed by atoms with E-state index in [2.05, 4.69) is 10.1 Å². The molecule has 0 amide bonds. The molecule has 2 aliphatic rings. The number of carboxylic acids is 1. The van der Waals surface area contributed by atoms with Crippen LogP contribution in [0.3, 0.4) is 0 Å². The van der Waals surface area contributed by atoms with Crippen LogP contribution in [0.5, 0.6) is 17.4 Å². The van der Waals surface area contributed by atoms with Gasteiger partial charge in [0.05, 0.1) is 26.9 Å². The van der Waals surface area contributed by atoms with E-state index in [-0.39, 0.29) is 46.7 Å². The van der Waals surface area contributed by atoms with Crippen molar-refractivity contribution in [1.29, 1.82) is 0 Å². The van der Waals surface area contributed by atoms with Crippen LogP contribution in [0.25, 0.3) is 11.3 Å². The highest BCUT2D eigenvalue weighted by Crippen LogP contribution is 2.48. The highest BCUT2D eigenvalue weighted by atomic mass is 35.5. The standard InChI is InChI=1S/C28H19Cl2F3N2O5/c29-18-2-1-3-19(30)23(18)24-16(26(40-35-24)13-4-5-13)12-38-22-9-8-20-25(34-22)17(28(31,32)33)10-14-6-7-15(27(36)37)11-21(14)39-20/h1-3,6-9,11,13,17H,4-5,10,12H2,(H,36,37). The number of fused-ring (bicyclic) bond motifs is 2. The van der Waals surface area contributed by atoms with Crippen molar-refractivity contribution in [3.05, 3.63) is 86.7 Å². The molecule has 206 valence electrons. The van der Waals surface area contributed by atoms with Gasteiger partial charge >= 0.3 is 12.1 Å². The Morgan fingerprint density at radius 2 is 1.82 bits per heavy atom. The van der Waals surface area contributed by atoms with Crippen molar-refractivity contribution in [3.63, 3.8) is 0 Å². The molecule has 0 bridgehead atoms. The van der Waals surface area contributed by atoms with E-state index < -0.39 is 24.5 Å². The number of halogens is 5. The number of nitrogens with zero attached hydrogens (tertiary/aromatic N) is 2. The van der Waals surface area contributed by atoms with Crippen molar-refractivity contribution in [2.75, 3.05) is 0 Å². The van der Waals surface area contributed by atoms with Crippen molar-refractivity contribution in [2.45, 2.75) is 43.9 Å². The average Bonchev–Trinajstić information content (AvgIpc) is 3.69. The van der Waals surface area contributed by atoms with Gasteiger partial charge in [-0.3, -0.25) is 0 Å². The number of carbonyl (C=O) groups is 1. The molecule has 3 heterocycles. The molecule has 0 radical (unpaired) electrons. The van der Waals surface area contributed by atoms with Crippen LogP contribution in [-0.4, -0.2) is 27.4 Å². The Bertz CT molecular complexity index is 1610. The van der Waals surface area contributed by atoms with Gasteiger partial charge in [0.15, 0.2) is 0 Å². The fraction of sp³-hybridized carbons (Fsp3) is 0.250. The first-order chi connectivity index (χ1) is 19.1. The summed E-state index contributed by atoms with van der Waals surface area (Å²) in [6.45, 7) is -0.0995. The number of aromatic nitrogens is 2. The molecule has 12 heteroatoms. The lowest BCUT2D eigenvalue weighted by molar-refractivity contribution is -0.151. The summed E-state index contributed by atoms with van der Waals surface area (Å²) in [5.74, 6) is -2.63. The summed E-state index contributed by atoms with van der Waals surface area (Å²) in [5, 5.41) is 14.2. The fourth-order valence-corrected chi connectivity index (χ4v) is 5.29. The molecule has 1 unspecified atom stereocenters. The summed E-state index contributed by atoms with van der Waals surface area (Å²) >= 11 is 12.8. The number of benzene rings is 2. The van der Waals surface area contributed by atoms with Crippen molar-refractivity contribution < 1.29 is 37.1 Å². The van der Waals surface area contributed by atoms with Gasteiger partial charge in [-0.1, -0.05) is 40.5 Å². The number of carboxylic acid groups (broad SMARTS) is 1. The largest absolute Gasteiger partial charge is 0.478 e. The summed E-state index contributed by atoms with van der Waals surface area (Å²) in [6.07, 6.45) is -3.32. The number of alkyl halides is 3. The van der Waals surface area contributed by atoms with E-state index in [0.29, 0.717) is 32.6 Å². The molecule has 1 atom stereocenters.